The first-order chi connectivity index (χ1) is 9.60. The van der Waals surface area contributed by atoms with Crippen LogP contribution in [0.25, 0.3) is 0 Å². The fourth-order valence-electron chi connectivity index (χ4n) is 2.76. The van der Waals surface area contributed by atoms with Gasteiger partial charge in [-0.25, -0.2) is 9.78 Å². The topological polar surface area (TPSA) is 95.1 Å². The van der Waals surface area contributed by atoms with Crippen LogP contribution in [0.15, 0.2) is 10.9 Å². The Hall–Kier alpha value is -1.85. The number of H-pyrrole nitrogens is 1. The standard InChI is InChI=1S/C14H21N3O3/c1-2-10-15-11(8-12(18)16-10)17-13(14(19)20)9-6-4-3-5-7-9/h8-9,13H,2-7H2,1H3,(H,19,20)(H2,15,16,17,18). The minimum atomic E-state index is -0.878. The Morgan fingerprint density at radius 2 is 2.20 bits per heavy atom. The van der Waals surface area contributed by atoms with Gasteiger partial charge in [0.15, 0.2) is 0 Å². The molecule has 3 N–H and O–H groups in total. The Kier molecular flexibility index (Phi) is 4.76. The van der Waals surface area contributed by atoms with Gasteiger partial charge in [0.25, 0.3) is 5.56 Å². The summed E-state index contributed by atoms with van der Waals surface area (Å²) in [7, 11) is 0. The molecule has 0 saturated heterocycles. The van der Waals surface area contributed by atoms with Gasteiger partial charge in [-0.3, -0.25) is 4.79 Å². The number of hydrogen-bond acceptors (Lipinski definition) is 4. The average Bonchev–Trinajstić information content (AvgIpc) is 2.44. The highest BCUT2D eigenvalue weighted by Crippen LogP contribution is 2.28. The number of carboxylic acids is 1. The van der Waals surface area contributed by atoms with E-state index in [1.54, 1.807) is 0 Å². The van der Waals surface area contributed by atoms with E-state index in [4.69, 9.17) is 0 Å². The van der Waals surface area contributed by atoms with E-state index in [-0.39, 0.29) is 11.5 Å². The third kappa shape index (κ3) is 3.59. The predicted molar refractivity (Wildman–Crippen MR) is 75.9 cm³/mol. The summed E-state index contributed by atoms with van der Waals surface area (Å²) in [5.74, 6) is 0.140. The second kappa shape index (κ2) is 6.54. The quantitative estimate of drug-likeness (QED) is 0.763. The molecule has 1 fully saturated rings. The van der Waals surface area contributed by atoms with Gasteiger partial charge in [-0.15, -0.1) is 0 Å². The Bertz CT molecular complexity index is 521. The molecule has 1 aromatic rings. The summed E-state index contributed by atoms with van der Waals surface area (Å²) >= 11 is 0. The number of aromatic nitrogens is 2. The van der Waals surface area contributed by atoms with Crippen molar-refractivity contribution in [1.29, 1.82) is 0 Å². The summed E-state index contributed by atoms with van der Waals surface area (Å²) in [5, 5.41) is 12.3. The predicted octanol–water partition coefficient (Wildman–Crippen LogP) is 1.78. The van der Waals surface area contributed by atoms with Crippen LogP contribution in [0.2, 0.25) is 0 Å². The number of aliphatic carboxylic acids is 1. The van der Waals surface area contributed by atoms with Crippen LogP contribution >= 0.6 is 0 Å². The van der Waals surface area contributed by atoms with Crippen LogP contribution in [0.4, 0.5) is 5.82 Å². The van der Waals surface area contributed by atoms with Crippen LogP contribution in [0, 0.1) is 5.92 Å². The molecule has 0 bridgehead atoms. The molecule has 1 aliphatic carbocycles. The molecular weight excluding hydrogens is 258 g/mol. The van der Waals surface area contributed by atoms with Gasteiger partial charge in [0.05, 0.1) is 0 Å². The monoisotopic (exact) mass is 279 g/mol. The minimum absolute atomic E-state index is 0.104. The Balaban J connectivity index is 2.17. The summed E-state index contributed by atoms with van der Waals surface area (Å²) in [4.78, 5) is 29.8. The van der Waals surface area contributed by atoms with Crippen molar-refractivity contribution in [3.8, 4) is 0 Å². The van der Waals surface area contributed by atoms with E-state index in [1.807, 2.05) is 6.92 Å². The van der Waals surface area contributed by atoms with Crippen molar-refractivity contribution < 1.29 is 9.90 Å². The van der Waals surface area contributed by atoms with Crippen molar-refractivity contribution in [2.75, 3.05) is 5.32 Å². The fraction of sp³-hybridized carbons (Fsp3) is 0.643. The van der Waals surface area contributed by atoms with Gasteiger partial charge in [0, 0.05) is 12.5 Å². The maximum Gasteiger partial charge on any atom is 0.326 e. The van der Waals surface area contributed by atoms with Crippen LogP contribution in [-0.2, 0) is 11.2 Å². The molecule has 1 atom stereocenters. The van der Waals surface area contributed by atoms with Gasteiger partial charge in [0.2, 0.25) is 0 Å². The van der Waals surface area contributed by atoms with Crippen molar-refractivity contribution >= 4 is 11.8 Å². The van der Waals surface area contributed by atoms with E-state index in [9.17, 15) is 14.7 Å². The maximum atomic E-state index is 11.5. The molecule has 2 rings (SSSR count). The first-order valence-electron chi connectivity index (χ1n) is 7.19. The highest BCUT2D eigenvalue weighted by Gasteiger charge is 2.29. The zero-order valence-corrected chi connectivity index (χ0v) is 11.7. The lowest BCUT2D eigenvalue weighted by molar-refractivity contribution is -0.139. The molecule has 110 valence electrons. The molecule has 1 aromatic heterocycles. The molecule has 0 aromatic carbocycles. The first-order valence-corrected chi connectivity index (χ1v) is 7.19. The number of carboxylic acid groups (broad SMARTS) is 1. The number of anilines is 1. The van der Waals surface area contributed by atoms with Crippen LogP contribution in [0.5, 0.6) is 0 Å². The second-order valence-corrected chi connectivity index (χ2v) is 5.29. The zero-order chi connectivity index (χ0) is 14.5. The molecule has 1 heterocycles. The highest BCUT2D eigenvalue weighted by atomic mass is 16.4. The molecule has 1 unspecified atom stereocenters. The van der Waals surface area contributed by atoms with E-state index in [0.717, 1.165) is 25.7 Å². The van der Waals surface area contributed by atoms with Gasteiger partial charge in [-0.05, 0) is 18.8 Å². The maximum absolute atomic E-state index is 11.5. The average molecular weight is 279 g/mol. The molecule has 6 nitrogen and oxygen atoms in total. The summed E-state index contributed by atoms with van der Waals surface area (Å²) < 4.78 is 0. The van der Waals surface area contributed by atoms with Crippen molar-refractivity contribution in [2.45, 2.75) is 51.5 Å². The third-order valence-corrected chi connectivity index (χ3v) is 3.82. The molecule has 6 heteroatoms. The summed E-state index contributed by atoms with van der Waals surface area (Å²) in [6.45, 7) is 1.89. The number of rotatable bonds is 5. The molecule has 20 heavy (non-hydrogen) atoms. The van der Waals surface area contributed by atoms with Crippen molar-refractivity contribution in [2.24, 2.45) is 5.92 Å². The molecule has 1 saturated carbocycles. The van der Waals surface area contributed by atoms with E-state index in [2.05, 4.69) is 15.3 Å². The Morgan fingerprint density at radius 3 is 2.80 bits per heavy atom. The third-order valence-electron chi connectivity index (χ3n) is 3.82. The van der Waals surface area contributed by atoms with Crippen LogP contribution in [0.1, 0.15) is 44.9 Å². The van der Waals surface area contributed by atoms with E-state index in [1.165, 1.54) is 12.5 Å². The second-order valence-electron chi connectivity index (χ2n) is 5.29. The van der Waals surface area contributed by atoms with Crippen molar-refractivity contribution in [3.05, 3.63) is 22.2 Å². The minimum Gasteiger partial charge on any atom is -0.480 e. The van der Waals surface area contributed by atoms with Crippen LogP contribution < -0.4 is 10.9 Å². The number of nitrogens with zero attached hydrogens (tertiary/aromatic N) is 1. The largest absolute Gasteiger partial charge is 0.480 e. The van der Waals surface area contributed by atoms with E-state index >= 15 is 0 Å². The zero-order valence-electron chi connectivity index (χ0n) is 11.7. The summed E-state index contributed by atoms with van der Waals surface area (Å²) in [6, 6.07) is 0.645. The van der Waals surface area contributed by atoms with Crippen LogP contribution in [-0.4, -0.2) is 27.1 Å². The molecule has 0 spiro atoms. The highest BCUT2D eigenvalue weighted by molar-refractivity contribution is 5.77. The molecule has 0 amide bonds. The van der Waals surface area contributed by atoms with E-state index < -0.39 is 12.0 Å². The first kappa shape index (κ1) is 14.6. The molecular formula is C14H21N3O3. The SMILES string of the molecule is CCc1nc(NC(C(=O)O)C2CCCCC2)cc(=O)[nH]1. The summed E-state index contributed by atoms with van der Waals surface area (Å²) in [6.07, 6.45) is 5.73. The lowest BCUT2D eigenvalue weighted by Gasteiger charge is -2.28. The van der Waals surface area contributed by atoms with Crippen molar-refractivity contribution in [3.63, 3.8) is 0 Å². The molecule has 0 radical (unpaired) electrons. The van der Waals surface area contributed by atoms with Gasteiger partial charge < -0.3 is 15.4 Å². The Labute approximate surface area is 117 Å². The Morgan fingerprint density at radius 1 is 1.50 bits per heavy atom. The van der Waals surface area contributed by atoms with Crippen molar-refractivity contribution in [1.82, 2.24) is 9.97 Å². The molecule has 0 aliphatic heterocycles. The molecule has 1 aliphatic rings. The smallest absolute Gasteiger partial charge is 0.326 e. The fourth-order valence-corrected chi connectivity index (χ4v) is 2.76. The normalized spacial score (nSPS) is 17.6. The van der Waals surface area contributed by atoms with Gasteiger partial charge in [-0.2, -0.15) is 0 Å². The van der Waals surface area contributed by atoms with E-state index in [0.29, 0.717) is 18.1 Å². The number of nitrogens with one attached hydrogen (secondary N) is 2. The van der Waals surface area contributed by atoms with Gasteiger partial charge >= 0.3 is 5.97 Å². The summed E-state index contributed by atoms with van der Waals surface area (Å²) in [5.41, 5.74) is -0.257. The van der Waals surface area contributed by atoms with Gasteiger partial charge in [-0.1, -0.05) is 26.2 Å². The lowest BCUT2D eigenvalue weighted by Crippen LogP contribution is -2.38. The number of carbonyl (C=O) groups is 1. The number of aromatic amines is 1. The number of hydrogen-bond donors (Lipinski definition) is 3. The van der Waals surface area contributed by atoms with Gasteiger partial charge in [0.1, 0.15) is 17.7 Å². The van der Waals surface area contributed by atoms with Crippen LogP contribution in [0.3, 0.4) is 0 Å². The number of aryl methyl sites for hydroxylation is 1. The lowest BCUT2D eigenvalue weighted by atomic mass is 9.84.